The van der Waals surface area contributed by atoms with Crippen molar-refractivity contribution in [2.75, 3.05) is 19.6 Å². The molecule has 0 radical (unpaired) electrons. The van der Waals surface area contributed by atoms with Crippen LogP contribution in [-0.2, 0) is 0 Å². The van der Waals surface area contributed by atoms with E-state index in [-0.39, 0.29) is 0 Å². The van der Waals surface area contributed by atoms with Gasteiger partial charge in [-0.25, -0.2) is 0 Å². The number of nitrogens with zero attached hydrogens (tertiary/aromatic N) is 4. The fourth-order valence-corrected chi connectivity index (χ4v) is 17.8. The number of hydrogen-bond donors (Lipinski definition) is 0. The molecule has 12 aromatic carbocycles. The molecule has 5 heteroatoms. The predicted octanol–water partition coefficient (Wildman–Crippen LogP) is 16.9. The Bertz CT molecular complexity index is 3340. The second-order valence-corrected chi connectivity index (χ2v) is 23.4. The third-order valence-electron chi connectivity index (χ3n) is 15.4. The van der Waals surface area contributed by atoms with Crippen LogP contribution in [0, 0.1) is 0 Å². The normalized spacial score (nSPS) is 12.3. The van der Waals surface area contributed by atoms with Crippen LogP contribution in [0.4, 0.5) is 68.2 Å². The van der Waals surface area contributed by atoms with Crippen molar-refractivity contribution in [3.8, 4) is 22.3 Å². The monoisotopic (exact) mass is 1000 g/mol. The summed E-state index contributed by atoms with van der Waals surface area (Å²) >= 11 is 0. The van der Waals surface area contributed by atoms with Crippen molar-refractivity contribution in [2.24, 2.45) is 0 Å². The van der Waals surface area contributed by atoms with E-state index in [9.17, 15) is 0 Å². The lowest BCUT2D eigenvalue weighted by Crippen LogP contribution is -2.71. The molecule has 0 bridgehead atoms. The minimum atomic E-state index is -3.38. The van der Waals surface area contributed by atoms with Gasteiger partial charge in [-0.1, -0.05) is 170 Å². The third-order valence-corrected chi connectivity index (χ3v) is 20.2. The number of hydrogen-bond acceptors (Lipinski definition) is 4. The zero-order chi connectivity index (χ0) is 51.1. The van der Waals surface area contributed by atoms with E-state index in [0.29, 0.717) is 0 Å². The highest BCUT2D eigenvalue weighted by molar-refractivity contribution is 7.24. The molecule has 14 rings (SSSR count). The zero-order valence-electron chi connectivity index (χ0n) is 42.3. The lowest BCUT2D eigenvalue weighted by molar-refractivity contribution is 1.29. The van der Waals surface area contributed by atoms with Crippen molar-refractivity contribution in [1.82, 2.24) is 0 Å². The standard InChI is InChI=1S/C72H52N4Si/c1-9-25-53(26-10-1)73(54-27-11-2-12-28-54)61-41-45-65-66-46-42-62(74(55-29-13-3-14-30-55)56-31-15-4-16-32-56)50-70(66)77(69(65)49-61)71-51-63(75(57-33-17-5-18-34-57)58-35-19-6-20-36-58)43-47-67(71)68-48-44-64(52-72(68)77)76(59-37-21-7-22-38-59)60-39-23-8-24-40-60/h1-52H. The Morgan fingerprint density at radius 3 is 0.468 bits per heavy atom. The van der Waals surface area contributed by atoms with Gasteiger partial charge in [-0.05, 0) is 189 Å². The van der Waals surface area contributed by atoms with Gasteiger partial charge in [0.2, 0.25) is 0 Å². The molecular weight excluding hydrogens is 949 g/mol. The molecule has 0 saturated heterocycles. The summed E-state index contributed by atoms with van der Waals surface area (Å²) < 4.78 is 0. The first kappa shape index (κ1) is 45.7. The fraction of sp³-hybridized carbons (Fsp3) is 0. The van der Waals surface area contributed by atoms with Gasteiger partial charge in [-0.2, -0.15) is 0 Å². The number of fused-ring (bicyclic) bond motifs is 10. The van der Waals surface area contributed by atoms with Gasteiger partial charge in [-0.15, -0.1) is 0 Å². The molecule has 2 aliphatic heterocycles. The highest BCUT2D eigenvalue weighted by Gasteiger charge is 2.55. The van der Waals surface area contributed by atoms with Gasteiger partial charge in [0, 0.05) is 68.2 Å². The molecule has 0 aromatic heterocycles. The number of anilines is 12. The Morgan fingerprint density at radius 2 is 0.312 bits per heavy atom. The molecule has 0 unspecified atom stereocenters. The summed E-state index contributed by atoms with van der Waals surface area (Å²) in [6.07, 6.45) is 0. The van der Waals surface area contributed by atoms with Gasteiger partial charge in [0.1, 0.15) is 0 Å². The molecule has 0 N–H and O–H groups in total. The fourth-order valence-electron chi connectivity index (χ4n) is 12.1. The van der Waals surface area contributed by atoms with E-state index in [0.717, 1.165) is 68.2 Å². The lowest BCUT2D eigenvalue weighted by atomic mass is 10.0. The van der Waals surface area contributed by atoms with Crippen molar-refractivity contribution in [1.29, 1.82) is 0 Å². The molecule has 77 heavy (non-hydrogen) atoms. The summed E-state index contributed by atoms with van der Waals surface area (Å²) in [5.41, 5.74) is 18.4. The number of benzene rings is 12. The SMILES string of the molecule is c1ccc(N(c2ccccc2)c2ccc3c(c2)[Si]2(c4cc(N(c5ccccc5)c5ccccc5)ccc4-3)c3cc(N(c4ccccc4)c4ccccc4)ccc3-c3ccc(N(c4ccccc4)c4ccccc4)cc32)cc1. The average molecular weight is 1000 g/mol. The largest absolute Gasteiger partial charge is 0.311 e. The summed E-state index contributed by atoms with van der Waals surface area (Å²) in [7, 11) is -3.38. The summed E-state index contributed by atoms with van der Waals surface area (Å²) in [6, 6.07) is 116. The van der Waals surface area contributed by atoms with Crippen LogP contribution in [0.2, 0.25) is 0 Å². The molecular formula is C72H52N4Si. The Morgan fingerprint density at radius 1 is 0.156 bits per heavy atom. The molecule has 364 valence electrons. The highest BCUT2D eigenvalue weighted by atomic mass is 28.3. The van der Waals surface area contributed by atoms with E-state index in [4.69, 9.17) is 0 Å². The van der Waals surface area contributed by atoms with Crippen molar-refractivity contribution in [2.45, 2.75) is 0 Å². The Labute approximate surface area is 451 Å². The van der Waals surface area contributed by atoms with Crippen LogP contribution in [0.15, 0.2) is 315 Å². The molecule has 12 aromatic rings. The maximum Gasteiger partial charge on any atom is 0.182 e. The van der Waals surface area contributed by atoms with Crippen molar-refractivity contribution in [3.63, 3.8) is 0 Å². The van der Waals surface area contributed by atoms with Crippen LogP contribution in [0.5, 0.6) is 0 Å². The van der Waals surface area contributed by atoms with Crippen LogP contribution < -0.4 is 40.3 Å². The first-order valence-corrected chi connectivity index (χ1v) is 28.4. The van der Waals surface area contributed by atoms with E-state index >= 15 is 0 Å². The molecule has 2 heterocycles. The Kier molecular flexibility index (Phi) is 11.5. The van der Waals surface area contributed by atoms with E-state index in [1.165, 1.54) is 43.0 Å². The molecule has 0 atom stereocenters. The van der Waals surface area contributed by atoms with Gasteiger partial charge < -0.3 is 19.6 Å². The molecule has 2 aliphatic rings. The van der Waals surface area contributed by atoms with Gasteiger partial charge in [0.05, 0.1) is 0 Å². The van der Waals surface area contributed by atoms with Crippen LogP contribution in [0.25, 0.3) is 22.3 Å². The lowest BCUT2D eigenvalue weighted by Gasteiger charge is -2.33. The van der Waals surface area contributed by atoms with Gasteiger partial charge in [0.25, 0.3) is 0 Å². The maximum absolute atomic E-state index is 3.38. The van der Waals surface area contributed by atoms with E-state index in [1.54, 1.807) is 0 Å². The Balaban J connectivity index is 1.10. The maximum atomic E-state index is 2.56. The predicted molar refractivity (Wildman–Crippen MR) is 327 cm³/mol. The van der Waals surface area contributed by atoms with Crippen LogP contribution in [-0.4, -0.2) is 8.07 Å². The smallest absolute Gasteiger partial charge is 0.182 e. The highest BCUT2D eigenvalue weighted by Crippen LogP contribution is 2.46. The first-order valence-electron chi connectivity index (χ1n) is 26.4. The molecule has 0 aliphatic carbocycles. The summed E-state index contributed by atoms with van der Waals surface area (Å²) in [5, 5.41) is 5.49. The molecule has 0 fully saturated rings. The number of rotatable bonds is 12. The van der Waals surface area contributed by atoms with Crippen LogP contribution >= 0.6 is 0 Å². The van der Waals surface area contributed by atoms with Crippen molar-refractivity contribution in [3.05, 3.63) is 315 Å². The molecule has 1 spiro atoms. The second-order valence-electron chi connectivity index (χ2n) is 19.7. The summed E-state index contributed by atoms with van der Waals surface area (Å²) in [4.78, 5) is 9.69. The minimum Gasteiger partial charge on any atom is -0.311 e. The second kappa shape index (κ2) is 19.4. The third kappa shape index (κ3) is 7.83. The topological polar surface area (TPSA) is 13.0 Å². The van der Waals surface area contributed by atoms with Gasteiger partial charge in [0.15, 0.2) is 8.07 Å². The Hall–Kier alpha value is -9.94. The quantitative estimate of drug-likeness (QED) is 0.113. The van der Waals surface area contributed by atoms with E-state index in [2.05, 4.69) is 335 Å². The van der Waals surface area contributed by atoms with Crippen LogP contribution in [0.1, 0.15) is 0 Å². The van der Waals surface area contributed by atoms with Crippen LogP contribution in [0.3, 0.4) is 0 Å². The zero-order valence-corrected chi connectivity index (χ0v) is 43.3. The average Bonchev–Trinajstić information content (AvgIpc) is 4.18. The van der Waals surface area contributed by atoms with E-state index in [1.807, 2.05) is 0 Å². The number of para-hydroxylation sites is 8. The first-order chi connectivity index (χ1) is 38.2. The van der Waals surface area contributed by atoms with Crippen molar-refractivity contribution < 1.29 is 0 Å². The summed E-state index contributed by atoms with van der Waals surface area (Å²) in [6.45, 7) is 0. The summed E-state index contributed by atoms with van der Waals surface area (Å²) in [5.74, 6) is 0. The molecule has 4 nitrogen and oxygen atoms in total. The van der Waals surface area contributed by atoms with E-state index < -0.39 is 8.07 Å². The van der Waals surface area contributed by atoms with Gasteiger partial charge >= 0.3 is 0 Å². The molecule has 0 saturated carbocycles. The minimum absolute atomic E-state index is 1.10. The van der Waals surface area contributed by atoms with Gasteiger partial charge in [-0.3, -0.25) is 0 Å². The molecule has 0 amide bonds. The van der Waals surface area contributed by atoms with Crippen molar-refractivity contribution >= 4 is 97.1 Å².